The number of anilines is 1. The van der Waals surface area contributed by atoms with E-state index in [0.717, 1.165) is 71.4 Å². The van der Waals surface area contributed by atoms with Crippen molar-refractivity contribution in [1.29, 1.82) is 0 Å². The molecular formula is C48H46N6O8S2. The number of benzene rings is 3. The summed E-state index contributed by atoms with van der Waals surface area (Å²) in [5, 5.41) is 8.48. The number of carbonyl (C=O) groups is 4. The fourth-order valence-electron chi connectivity index (χ4n) is 7.85. The number of pyridine rings is 1. The van der Waals surface area contributed by atoms with Crippen molar-refractivity contribution in [2.45, 2.75) is 75.4 Å². The zero-order valence-corrected chi connectivity index (χ0v) is 36.8. The summed E-state index contributed by atoms with van der Waals surface area (Å²) in [5.41, 5.74) is 8.94. The number of fused-ring (bicyclic) bond motifs is 1. The van der Waals surface area contributed by atoms with Gasteiger partial charge in [-0.2, -0.15) is 0 Å². The van der Waals surface area contributed by atoms with Gasteiger partial charge in [-0.3, -0.25) is 19.5 Å². The number of aryl methyl sites for hydroxylation is 1. The summed E-state index contributed by atoms with van der Waals surface area (Å²) in [6.07, 6.45) is 7.14. The van der Waals surface area contributed by atoms with Crippen molar-refractivity contribution in [3.63, 3.8) is 0 Å². The van der Waals surface area contributed by atoms with Gasteiger partial charge in [-0.05, 0) is 49.8 Å². The molecule has 14 nitrogen and oxygen atoms in total. The number of nitrogens with one attached hydrogen (secondary N) is 1. The van der Waals surface area contributed by atoms with Crippen LogP contribution in [-0.2, 0) is 39.0 Å². The lowest BCUT2D eigenvalue weighted by Gasteiger charge is -2.49. The van der Waals surface area contributed by atoms with Gasteiger partial charge in [0.25, 0.3) is 11.8 Å². The highest BCUT2D eigenvalue weighted by molar-refractivity contribution is 8.00. The number of oxime groups is 1. The lowest BCUT2D eigenvalue weighted by molar-refractivity contribution is -0.169. The SMILES string of the molecule is Cc1ccc(/C=C\C2=C(C(=O)OC(C)OC(=O)OC3CCCCC3)N3C(=O)[C@@H](NC(=O)C(=NOC(c4ccccc4)(c4ccccc4)c4ccccc4)c4csc(N)n4)[C@@H]3SC2)cn1. The third-order valence-electron chi connectivity index (χ3n) is 11.0. The second kappa shape index (κ2) is 19.7. The molecule has 1 aliphatic carbocycles. The van der Waals surface area contributed by atoms with Crippen LogP contribution in [0, 0.1) is 6.92 Å². The number of hydrogen-bond donors (Lipinski definition) is 2. The molecule has 2 aromatic heterocycles. The Balaban J connectivity index is 1.07. The van der Waals surface area contributed by atoms with Crippen molar-refractivity contribution in [3.8, 4) is 0 Å². The molecule has 3 N–H and O–H groups in total. The van der Waals surface area contributed by atoms with E-state index in [2.05, 4.69) is 20.4 Å². The van der Waals surface area contributed by atoms with Crippen LogP contribution in [-0.4, -0.2) is 74.1 Å². The van der Waals surface area contributed by atoms with Gasteiger partial charge in [-0.25, -0.2) is 14.6 Å². The van der Waals surface area contributed by atoms with Crippen molar-refractivity contribution in [2.24, 2.45) is 5.16 Å². The van der Waals surface area contributed by atoms with Gasteiger partial charge in [0.05, 0.1) is 0 Å². The third-order valence-corrected chi connectivity index (χ3v) is 13.0. The Morgan fingerprint density at radius 2 is 1.53 bits per heavy atom. The summed E-state index contributed by atoms with van der Waals surface area (Å²) in [6.45, 7) is 3.28. The van der Waals surface area contributed by atoms with Crippen LogP contribution in [0.25, 0.3) is 6.08 Å². The number of thiazole rings is 1. The van der Waals surface area contributed by atoms with E-state index in [1.165, 1.54) is 23.6 Å². The van der Waals surface area contributed by atoms with Crippen molar-refractivity contribution < 1.29 is 38.2 Å². The van der Waals surface area contributed by atoms with Crippen LogP contribution in [0.3, 0.4) is 0 Å². The van der Waals surface area contributed by atoms with Crippen molar-refractivity contribution in [2.75, 3.05) is 11.5 Å². The van der Waals surface area contributed by atoms with Crippen LogP contribution in [0.15, 0.2) is 137 Å². The zero-order valence-electron chi connectivity index (χ0n) is 35.1. The van der Waals surface area contributed by atoms with Gasteiger partial charge in [0.2, 0.25) is 11.9 Å². The summed E-state index contributed by atoms with van der Waals surface area (Å²) in [7, 11) is 0. The number of allylic oxidation sites excluding steroid dienone is 1. The maximum atomic E-state index is 14.5. The normalized spacial score (nSPS) is 18.4. The quantitative estimate of drug-likeness (QED) is 0.0275. The van der Waals surface area contributed by atoms with Gasteiger partial charge >= 0.3 is 12.1 Å². The van der Waals surface area contributed by atoms with E-state index in [9.17, 15) is 19.2 Å². The van der Waals surface area contributed by atoms with Gasteiger partial charge in [0.15, 0.2) is 10.8 Å². The molecule has 3 aromatic carbocycles. The summed E-state index contributed by atoms with van der Waals surface area (Å²) < 4.78 is 16.4. The molecule has 1 unspecified atom stereocenters. The van der Waals surface area contributed by atoms with E-state index < -0.39 is 47.2 Å². The van der Waals surface area contributed by atoms with Gasteiger partial charge in [0.1, 0.15) is 28.9 Å². The first-order chi connectivity index (χ1) is 31.1. The number of nitrogens with two attached hydrogens (primary N) is 1. The predicted octanol–water partition coefficient (Wildman–Crippen LogP) is 7.88. The minimum atomic E-state index is -1.33. The molecule has 1 saturated heterocycles. The molecule has 3 aliphatic rings. The minimum Gasteiger partial charge on any atom is -0.431 e. The molecule has 5 aromatic rings. The molecule has 4 heterocycles. The molecular weight excluding hydrogens is 853 g/mol. The Bertz CT molecular complexity index is 2470. The molecule has 64 heavy (non-hydrogen) atoms. The van der Waals surface area contributed by atoms with E-state index in [1.54, 1.807) is 23.7 Å². The number of aromatic nitrogens is 2. The average Bonchev–Trinajstić information content (AvgIpc) is 3.75. The largest absolute Gasteiger partial charge is 0.511 e. The maximum absolute atomic E-state index is 14.5. The fourth-order valence-corrected chi connectivity index (χ4v) is 9.72. The maximum Gasteiger partial charge on any atom is 0.511 e. The van der Waals surface area contributed by atoms with Gasteiger partial charge in [-0.1, -0.05) is 121 Å². The lowest BCUT2D eigenvalue weighted by Crippen LogP contribution is -2.71. The molecule has 2 fully saturated rings. The van der Waals surface area contributed by atoms with E-state index >= 15 is 0 Å². The van der Waals surface area contributed by atoms with E-state index in [-0.39, 0.29) is 34.1 Å². The second-order valence-electron chi connectivity index (χ2n) is 15.4. The van der Waals surface area contributed by atoms with Crippen LogP contribution >= 0.6 is 23.1 Å². The molecule has 1 saturated carbocycles. The molecule has 2 amide bonds. The number of ether oxygens (including phenoxy) is 3. The van der Waals surface area contributed by atoms with Crippen molar-refractivity contribution in [3.05, 3.63) is 166 Å². The number of β-lactam (4-membered cyclic amide) rings is 1. The van der Waals surface area contributed by atoms with Crippen LogP contribution in [0.1, 0.15) is 72.7 Å². The Morgan fingerprint density at radius 3 is 2.11 bits per heavy atom. The first-order valence-corrected chi connectivity index (χ1v) is 22.9. The summed E-state index contributed by atoms with van der Waals surface area (Å²) in [5.74, 6) is -1.96. The van der Waals surface area contributed by atoms with Crippen LogP contribution in [0.2, 0.25) is 0 Å². The van der Waals surface area contributed by atoms with Crippen LogP contribution < -0.4 is 11.1 Å². The van der Waals surface area contributed by atoms with Crippen LogP contribution in [0.5, 0.6) is 0 Å². The van der Waals surface area contributed by atoms with Gasteiger partial charge in [-0.15, -0.1) is 23.1 Å². The van der Waals surface area contributed by atoms with Gasteiger partial charge < -0.3 is 30.1 Å². The number of nitrogen functional groups attached to an aromatic ring is 1. The lowest BCUT2D eigenvalue weighted by atomic mass is 9.80. The first-order valence-electron chi connectivity index (χ1n) is 20.9. The summed E-state index contributed by atoms with van der Waals surface area (Å²) in [6, 6.07) is 31.3. The Hall–Kier alpha value is -6.78. The highest BCUT2D eigenvalue weighted by atomic mass is 32.2. The third kappa shape index (κ3) is 9.57. The molecule has 3 atom stereocenters. The molecule has 8 rings (SSSR count). The first kappa shape index (κ1) is 43.9. The zero-order chi connectivity index (χ0) is 44.6. The molecule has 0 radical (unpaired) electrons. The Morgan fingerprint density at radius 1 is 0.891 bits per heavy atom. The predicted molar refractivity (Wildman–Crippen MR) is 243 cm³/mol. The number of esters is 1. The van der Waals surface area contributed by atoms with Crippen molar-refractivity contribution in [1.82, 2.24) is 20.2 Å². The number of thioether (sulfide) groups is 1. The van der Waals surface area contributed by atoms with E-state index in [1.807, 2.05) is 110 Å². The molecule has 16 heteroatoms. The van der Waals surface area contributed by atoms with E-state index in [4.69, 9.17) is 24.8 Å². The standard InChI is InChI=1S/C48H46N6O8S2/c1-30-23-24-32(27-50-30)25-26-33-28-63-44-40(43(56)54(44)41(33)45(57)59-31(2)60-47(58)61-37-21-13-6-14-22-37)52-42(55)39(38-29-64-46(49)51-38)53-62-48(34-15-7-3-8-16-34,35-17-9-4-10-18-35)36-19-11-5-12-20-36/h3-5,7-12,15-20,23-27,29,31,37,40,44H,6,13-14,21-22,28H2,1-2H3,(H2,49,51)(H,52,55)/b26-25-,53-39?/t31?,40-,44+/m1/s1. The summed E-state index contributed by atoms with van der Waals surface area (Å²) >= 11 is 2.47. The van der Waals surface area contributed by atoms with Crippen molar-refractivity contribution >= 4 is 64.0 Å². The van der Waals surface area contributed by atoms with Crippen LogP contribution in [0.4, 0.5) is 9.93 Å². The molecule has 2 aliphatic heterocycles. The highest BCUT2D eigenvalue weighted by Gasteiger charge is 2.55. The average molecular weight is 899 g/mol. The topological polar surface area (TPSA) is 185 Å². The molecule has 328 valence electrons. The fraction of sp³-hybridized carbons (Fsp3) is 0.271. The molecule has 0 spiro atoms. The summed E-state index contributed by atoms with van der Waals surface area (Å²) in [4.78, 5) is 72.1. The van der Waals surface area contributed by atoms with E-state index in [0.29, 0.717) is 5.57 Å². The Labute approximate surface area is 378 Å². The highest BCUT2D eigenvalue weighted by Crippen LogP contribution is 2.43. The Kier molecular flexibility index (Phi) is 13.5. The minimum absolute atomic E-state index is 0.0467. The monoisotopic (exact) mass is 898 g/mol. The second-order valence-corrected chi connectivity index (χ2v) is 17.4. The number of amides is 2. The van der Waals surface area contributed by atoms with Gasteiger partial charge in [0, 0.05) is 46.6 Å². The smallest absolute Gasteiger partial charge is 0.431 e. The number of carbonyl (C=O) groups excluding carboxylic acids is 4. The number of nitrogens with zero attached hydrogens (tertiary/aromatic N) is 4. The number of hydrogen-bond acceptors (Lipinski definition) is 14. The number of rotatable bonds is 14. The molecule has 0 bridgehead atoms.